The van der Waals surface area contributed by atoms with Crippen molar-refractivity contribution in [2.24, 2.45) is 0 Å². The Hall–Kier alpha value is -1.09. The third kappa shape index (κ3) is 5.22. The average molecular weight is 384 g/mol. The van der Waals surface area contributed by atoms with E-state index in [1.54, 1.807) is 0 Å². The summed E-state index contributed by atoms with van der Waals surface area (Å²) < 4.78 is 89.4. The first-order chi connectivity index (χ1) is 11.9. The summed E-state index contributed by atoms with van der Waals surface area (Å²) >= 11 is 0. The van der Waals surface area contributed by atoms with Gasteiger partial charge < -0.3 is 4.74 Å². The molecule has 1 aromatic rings. The largest absolute Gasteiger partial charge is 0.479 e. The Balaban J connectivity index is 3.67. The van der Waals surface area contributed by atoms with Crippen molar-refractivity contribution >= 4 is 41.5 Å². The molecule has 1 atom stereocenters. The Kier molecular flexibility index (Phi) is 7.71. The van der Waals surface area contributed by atoms with Crippen molar-refractivity contribution in [3.05, 3.63) is 28.1 Å². The first-order valence-electron chi connectivity index (χ1n) is 7.24. The second kappa shape index (κ2) is 8.73. The number of hydrogen-bond donors (Lipinski definition) is 1. The van der Waals surface area contributed by atoms with E-state index in [0.29, 0.717) is 0 Å². The van der Waals surface area contributed by atoms with E-state index in [4.69, 9.17) is 40.7 Å². The molecule has 1 rings (SSSR count). The van der Waals surface area contributed by atoms with E-state index in [2.05, 4.69) is 0 Å². The van der Waals surface area contributed by atoms with Crippen LogP contribution in [0.4, 0.5) is 17.6 Å². The Morgan fingerprint density at radius 3 is 1.58 bits per heavy atom. The fraction of sp³-hybridized carbons (Fsp3) is 0.538. The molecule has 13 heteroatoms. The van der Waals surface area contributed by atoms with Crippen LogP contribution in [0.15, 0.2) is 0 Å². The van der Waals surface area contributed by atoms with Gasteiger partial charge in [-0.3, -0.25) is 4.55 Å². The van der Waals surface area contributed by atoms with Gasteiger partial charge in [-0.1, -0.05) is 25.3 Å². The molecule has 0 spiro atoms. The Bertz CT molecular complexity index is 722. The van der Waals surface area contributed by atoms with Crippen LogP contribution in [-0.2, 0) is 35.4 Å². The Morgan fingerprint density at radius 1 is 0.923 bits per heavy atom. The number of rotatable bonds is 8. The molecule has 134 valence electrons. The van der Waals surface area contributed by atoms with E-state index in [1.165, 1.54) is 0 Å². The van der Waals surface area contributed by atoms with Crippen molar-refractivity contribution in [3.63, 3.8) is 0 Å². The molecule has 8 radical (unpaired) electrons. The van der Waals surface area contributed by atoms with Crippen molar-refractivity contribution < 1.29 is 35.3 Å². The van der Waals surface area contributed by atoms with Crippen LogP contribution < -0.4 is 4.74 Å². The Labute approximate surface area is 154 Å². The van der Waals surface area contributed by atoms with E-state index in [0.717, 1.165) is 0 Å². The van der Waals surface area contributed by atoms with Gasteiger partial charge in [-0.05, 0) is 22.3 Å². The molecule has 0 heterocycles. The highest BCUT2D eigenvalue weighted by atomic mass is 32.2. The minimum Gasteiger partial charge on any atom is -0.479 e. The van der Waals surface area contributed by atoms with Crippen molar-refractivity contribution in [2.75, 3.05) is 5.75 Å². The fourth-order valence-electron chi connectivity index (χ4n) is 2.43. The minimum absolute atomic E-state index is 0.188. The highest BCUT2D eigenvalue weighted by molar-refractivity contribution is 7.85. The smallest absolute Gasteiger partial charge is 0.426 e. The van der Waals surface area contributed by atoms with E-state index in [9.17, 15) is 26.0 Å². The molecule has 0 fully saturated rings. The normalized spacial score (nSPS) is 13.6. The van der Waals surface area contributed by atoms with Gasteiger partial charge in [0.15, 0.2) is 0 Å². The van der Waals surface area contributed by atoms with Gasteiger partial charge in [0, 0.05) is 0 Å². The predicted octanol–water partition coefficient (Wildman–Crippen LogP) is 0.697. The van der Waals surface area contributed by atoms with Gasteiger partial charge in [-0.15, -0.1) is 0 Å². The van der Waals surface area contributed by atoms with Gasteiger partial charge in [-0.25, -0.2) is 4.39 Å². The molecule has 0 aliphatic heterocycles. The predicted molar refractivity (Wildman–Crippen MR) is 91.1 cm³/mol. The number of benzene rings is 1. The lowest BCUT2D eigenvalue weighted by Crippen LogP contribution is -2.41. The maximum absolute atomic E-state index is 14.5. The second-order valence-corrected chi connectivity index (χ2v) is 6.77. The average Bonchev–Trinajstić information content (AvgIpc) is 2.52. The Morgan fingerprint density at radius 2 is 1.31 bits per heavy atom. The van der Waals surface area contributed by atoms with Crippen LogP contribution in [0.1, 0.15) is 22.3 Å². The third-order valence-corrected chi connectivity index (χ3v) is 4.33. The zero-order valence-corrected chi connectivity index (χ0v) is 14.3. The molecule has 1 unspecified atom stereocenters. The molecule has 26 heavy (non-hydrogen) atoms. The molecule has 0 aliphatic rings. The molecule has 0 amide bonds. The van der Waals surface area contributed by atoms with Gasteiger partial charge in [-0.2, -0.15) is 21.6 Å². The van der Waals surface area contributed by atoms with Crippen LogP contribution in [0.3, 0.4) is 0 Å². The van der Waals surface area contributed by atoms with E-state index in [1.807, 2.05) is 0 Å². The van der Waals surface area contributed by atoms with E-state index in [-0.39, 0.29) is 22.3 Å². The van der Waals surface area contributed by atoms with Crippen molar-refractivity contribution in [3.8, 4) is 5.75 Å². The van der Waals surface area contributed by atoms with Gasteiger partial charge in [0.25, 0.3) is 10.1 Å². The number of halogens is 4. The van der Waals surface area contributed by atoms with Crippen molar-refractivity contribution in [1.82, 2.24) is 0 Å². The number of alkyl halides is 3. The quantitative estimate of drug-likeness (QED) is 0.408. The summed E-state index contributed by atoms with van der Waals surface area (Å²) in [4.78, 5) is 0. The summed E-state index contributed by atoms with van der Waals surface area (Å²) in [7, 11) is 16.9. The van der Waals surface area contributed by atoms with Gasteiger partial charge >= 0.3 is 6.18 Å². The fourth-order valence-corrected chi connectivity index (χ4v) is 3.07. The van der Waals surface area contributed by atoms with Crippen LogP contribution in [-0.4, -0.2) is 62.4 Å². The molecule has 1 aromatic carbocycles. The van der Waals surface area contributed by atoms with Crippen molar-refractivity contribution in [2.45, 2.75) is 37.6 Å². The van der Waals surface area contributed by atoms with Gasteiger partial charge in [0.1, 0.15) is 17.3 Å². The first kappa shape index (κ1) is 22.9. The lowest BCUT2D eigenvalue weighted by atomic mass is 9.77. The zero-order chi connectivity index (χ0) is 20.3. The summed E-state index contributed by atoms with van der Waals surface area (Å²) in [5.74, 6) is -3.16. The van der Waals surface area contributed by atoms with Crippen LogP contribution in [0.2, 0.25) is 0 Å². The SMILES string of the molecule is [B]Cc1c(F)c(C[B])c(C[B])c(OC(CS(=O)(=O)O)C(F)(F)F)c1C[B]. The molecule has 0 saturated carbocycles. The monoisotopic (exact) mass is 384 g/mol. The lowest BCUT2D eigenvalue weighted by molar-refractivity contribution is -0.188. The van der Waals surface area contributed by atoms with Gasteiger partial charge in [0.05, 0.1) is 31.4 Å². The molecule has 1 N–H and O–H groups in total. The number of ether oxygens (including phenoxy) is 1. The summed E-state index contributed by atoms with van der Waals surface area (Å²) in [5, 5.41) is 0. The highest BCUT2D eigenvalue weighted by Gasteiger charge is 2.45. The molecular weight excluding hydrogens is 371 g/mol. The maximum atomic E-state index is 14.5. The first-order valence-corrected chi connectivity index (χ1v) is 8.85. The molecule has 0 aliphatic carbocycles. The van der Waals surface area contributed by atoms with Crippen molar-refractivity contribution in [1.29, 1.82) is 0 Å². The lowest BCUT2D eigenvalue weighted by Gasteiger charge is -2.27. The van der Waals surface area contributed by atoms with Crippen LogP contribution in [0.25, 0.3) is 0 Å². The summed E-state index contributed by atoms with van der Waals surface area (Å²) in [6, 6.07) is 0. The second-order valence-electron chi connectivity index (χ2n) is 5.27. The summed E-state index contributed by atoms with van der Waals surface area (Å²) in [6.45, 7) is 0. The topological polar surface area (TPSA) is 63.6 Å². The van der Waals surface area contributed by atoms with E-state index < -0.39 is 65.0 Å². The molecule has 4 nitrogen and oxygen atoms in total. The molecule has 0 saturated heterocycles. The molecule has 0 bridgehead atoms. The zero-order valence-electron chi connectivity index (χ0n) is 13.5. The summed E-state index contributed by atoms with van der Waals surface area (Å²) in [6.07, 6.45) is -9.83. The van der Waals surface area contributed by atoms with Crippen LogP contribution in [0, 0.1) is 5.82 Å². The van der Waals surface area contributed by atoms with Crippen LogP contribution in [0.5, 0.6) is 5.75 Å². The minimum atomic E-state index is -5.16. The molecular formula is C13H12B4F4O4S. The highest BCUT2D eigenvalue weighted by Crippen LogP contribution is 2.37. The van der Waals surface area contributed by atoms with E-state index >= 15 is 0 Å². The molecule has 0 aromatic heterocycles. The van der Waals surface area contributed by atoms with Gasteiger partial charge in [0.2, 0.25) is 6.10 Å². The standard InChI is InChI=1S/C13H12B4F4O4S/c14-1-6-8(3-16)12(9(4-17)7(2-15)11(6)18)25-10(13(19,20)21)5-26(22,23)24/h10H,1-5H2,(H,22,23,24). The maximum Gasteiger partial charge on any atom is 0.426 e. The van der Waals surface area contributed by atoms with Crippen LogP contribution >= 0.6 is 0 Å². The number of hydrogen-bond acceptors (Lipinski definition) is 3. The third-order valence-electron chi connectivity index (χ3n) is 3.61. The summed E-state index contributed by atoms with van der Waals surface area (Å²) in [5.41, 5.74) is -0.805.